The Labute approximate surface area is 103 Å². The monoisotopic (exact) mass is 257 g/mol. The first-order valence-corrected chi connectivity index (χ1v) is 5.12. The van der Waals surface area contributed by atoms with Crippen LogP contribution < -0.4 is 11.1 Å². The van der Waals surface area contributed by atoms with Crippen LogP contribution in [0.1, 0.15) is 0 Å². The highest BCUT2D eigenvalue weighted by Crippen LogP contribution is 2.12. The van der Waals surface area contributed by atoms with E-state index < -0.39 is 23.4 Å². The molecule has 0 bridgehead atoms. The SMILES string of the molecule is CN(CC(=O)Nc1cc(F)cc(F)c1)C(=O)CN. The van der Waals surface area contributed by atoms with Crippen molar-refractivity contribution in [2.45, 2.75) is 0 Å². The Balaban J connectivity index is 2.62. The molecule has 5 nitrogen and oxygen atoms in total. The van der Waals surface area contributed by atoms with Gasteiger partial charge in [0.05, 0.1) is 13.1 Å². The van der Waals surface area contributed by atoms with Crippen LogP contribution >= 0.6 is 0 Å². The number of nitrogens with zero attached hydrogens (tertiary/aromatic N) is 1. The summed E-state index contributed by atoms with van der Waals surface area (Å²) in [5.41, 5.74) is 5.11. The summed E-state index contributed by atoms with van der Waals surface area (Å²) < 4.78 is 25.7. The number of likely N-dealkylation sites (N-methyl/N-ethyl adjacent to an activating group) is 1. The van der Waals surface area contributed by atoms with Gasteiger partial charge in [-0.1, -0.05) is 0 Å². The molecule has 1 aromatic rings. The molecule has 0 spiro atoms. The molecular weight excluding hydrogens is 244 g/mol. The van der Waals surface area contributed by atoms with Crippen molar-refractivity contribution in [1.82, 2.24) is 4.90 Å². The van der Waals surface area contributed by atoms with Crippen molar-refractivity contribution in [2.24, 2.45) is 5.73 Å². The zero-order chi connectivity index (χ0) is 13.7. The van der Waals surface area contributed by atoms with Gasteiger partial charge >= 0.3 is 0 Å². The lowest BCUT2D eigenvalue weighted by Gasteiger charge is -2.15. The van der Waals surface area contributed by atoms with E-state index in [-0.39, 0.29) is 18.8 Å². The zero-order valence-electron chi connectivity index (χ0n) is 9.74. The van der Waals surface area contributed by atoms with Gasteiger partial charge in [-0.2, -0.15) is 0 Å². The second kappa shape index (κ2) is 6.06. The Kier molecular flexibility index (Phi) is 4.73. The summed E-state index contributed by atoms with van der Waals surface area (Å²) in [7, 11) is 1.40. The highest BCUT2D eigenvalue weighted by molar-refractivity contribution is 5.94. The summed E-state index contributed by atoms with van der Waals surface area (Å²) in [6.07, 6.45) is 0. The molecule has 3 N–H and O–H groups in total. The van der Waals surface area contributed by atoms with Crippen molar-refractivity contribution >= 4 is 17.5 Å². The first kappa shape index (κ1) is 14.0. The molecule has 98 valence electrons. The van der Waals surface area contributed by atoms with Crippen LogP contribution in [-0.2, 0) is 9.59 Å². The van der Waals surface area contributed by atoms with Crippen LogP contribution in [0.5, 0.6) is 0 Å². The minimum Gasteiger partial charge on any atom is -0.335 e. The van der Waals surface area contributed by atoms with Gasteiger partial charge in [-0.25, -0.2) is 8.78 Å². The van der Waals surface area contributed by atoms with Crippen LogP contribution in [0.3, 0.4) is 0 Å². The molecule has 0 aliphatic rings. The van der Waals surface area contributed by atoms with Crippen LogP contribution in [0.25, 0.3) is 0 Å². The van der Waals surface area contributed by atoms with E-state index in [0.29, 0.717) is 6.07 Å². The third kappa shape index (κ3) is 4.10. The van der Waals surface area contributed by atoms with E-state index in [9.17, 15) is 18.4 Å². The lowest BCUT2D eigenvalue weighted by Crippen LogP contribution is -2.38. The second-order valence-corrected chi connectivity index (χ2v) is 3.66. The number of amides is 2. The summed E-state index contributed by atoms with van der Waals surface area (Å²) in [4.78, 5) is 23.7. The summed E-state index contributed by atoms with van der Waals surface area (Å²) in [5.74, 6) is -2.56. The smallest absolute Gasteiger partial charge is 0.243 e. The maximum Gasteiger partial charge on any atom is 0.243 e. The molecule has 0 heterocycles. The maximum atomic E-state index is 12.9. The van der Waals surface area contributed by atoms with Gasteiger partial charge in [0.1, 0.15) is 11.6 Å². The second-order valence-electron chi connectivity index (χ2n) is 3.66. The third-order valence-corrected chi connectivity index (χ3v) is 2.13. The first-order chi connectivity index (χ1) is 8.42. The molecule has 0 saturated carbocycles. The highest BCUT2D eigenvalue weighted by atomic mass is 19.1. The zero-order valence-corrected chi connectivity index (χ0v) is 9.74. The minimum absolute atomic E-state index is 0.00824. The topological polar surface area (TPSA) is 75.4 Å². The van der Waals surface area contributed by atoms with E-state index in [4.69, 9.17) is 5.73 Å². The molecule has 1 aromatic carbocycles. The van der Waals surface area contributed by atoms with E-state index in [1.165, 1.54) is 7.05 Å². The Morgan fingerprint density at radius 3 is 2.33 bits per heavy atom. The van der Waals surface area contributed by atoms with Gasteiger partial charge in [-0.3, -0.25) is 9.59 Å². The summed E-state index contributed by atoms with van der Waals surface area (Å²) in [6, 6.07) is 2.65. The number of halogens is 2. The standard InChI is InChI=1S/C11H13F2N3O2/c1-16(11(18)5-14)6-10(17)15-9-3-7(12)2-8(13)4-9/h2-4H,5-6,14H2,1H3,(H,15,17). The molecule has 2 amide bonds. The van der Waals surface area contributed by atoms with E-state index in [0.717, 1.165) is 17.0 Å². The van der Waals surface area contributed by atoms with Gasteiger partial charge in [-0.15, -0.1) is 0 Å². The van der Waals surface area contributed by atoms with Crippen molar-refractivity contribution in [1.29, 1.82) is 0 Å². The average Bonchev–Trinajstić information content (AvgIpc) is 2.25. The van der Waals surface area contributed by atoms with Gasteiger partial charge in [0.2, 0.25) is 11.8 Å². The normalized spacial score (nSPS) is 10.0. The Hall–Kier alpha value is -2.02. The number of nitrogens with one attached hydrogen (secondary N) is 1. The Bertz CT molecular complexity index is 445. The number of hydrogen-bond acceptors (Lipinski definition) is 3. The molecule has 0 aliphatic carbocycles. The number of benzene rings is 1. The molecule has 7 heteroatoms. The molecule has 0 atom stereocenters. The van der Waals surface area contributed by atoms with Gasteiger partial charge in [0.25, 0.3) is 0 Å². The number of hydrogen-bond donors (Lipinski definition) is 2. The first-order valence-electron chi connectivity index (χ1n) is 5.12. The van der Waals surface area contributed by atoms with E-state index in [2.05, 4.69) is 5.32 Å². The molecule has 18 heavy (non-hydrogen) atoms. The predicted molar refractivity (Wildman–Crippen MR) is 61.7 cm³/mol. The lowest BCUT2D eigenvalue weighted by atomic mass is 10.3. The fourth-order valence-corrected chi connectivity index (χ4v) is 1.29. The fourth-order valence-electron chi connectivity index (χ4n) is 1.29. The molecular formula is C11H13F2N3O2. The average molecular weight is 257 g/mol. The number of rotatable bonds is 4. The predicted octanol–water partition coefficient (Wildman–Crippen LogP) is 0.320. The fraction of sp³-hybridized carbons (Fsp3) is 0.273. The van der Waals surface area contributed by atoms with Crippen LogP contribution in [0.2, 0.25) is 0 Å². The quantitative estimate of drug-likeness (QED) is 0.815. The van der Waals surface area contributed by atoms with Crippen molar-refractivity contribution in [2.75, 3.05) is 25.5 Å². The molecule has 0 radical (unpaired) electrons. The van der Waals surface area contributed by atoms with E-state index in [1.54, 1.807) is 0 Å². The molecule has 0 fully saturated rings. The van der Waals surface area contributed by atoms with Crippen LogP contribution in [0.15, 0.2) is 18.2 Å². The molecule has 0 unspecified atom stereocenters. The van der Waals surface area contributed by atoms with Crippen molar-refractivity contribution in [3.8, 4) is 0 Å². The highest BCUT2D eigenvalue weighted by Gasteiger charge is 2.12. The van der Waals surface area contributed by atoms with Gasteiger partial charge in [0, 0.05) is 18.8 Å². The van der Waals surface area contributed by atoms with Crippen LogP contribution in [0, 0.1) is 11.6 Å². The van der Waals surface area contributed by atoms with Gasteiger partial charge in [0.15, 0.2) is 0 Å². The largest absolute Gasteiger partial charge is 0.335 e. The molecule has 1 rings (SSSR count). The Morgan fingerprint density at radius 2 is 1.83 bits per heavy atom. The summed E-state index contributed by atoms with van der Waals surface area (Å²) in [6.45, 7) is -0.452. The number of nitrogens with two attached hydrogens (primary N) is 1. The molecule has 0 aliphatic heterocycles. The van der Waals surface area contributed by atoms with Crippen LogP contribution in [0.4, 0.5) is 14.5 Å². The molecule has 0 aromatic heterocycles. The third-order valence-electron chi connectivity index (χ3n) is 2.13. The van der Waals surface area contributed by atoms with E-state index in [1.807, 2.05) is 0 Å². The van der Waals surface area contributed by atoms with Gasteiger partial charge in [-0.05, 0) is 12.1 Å². The minimum atomic E-state index is -0.795. The number of anilines is 1. The van der Waals surface area contributed by atoms with Crippen molar-refractivity contribution in [3.63, 3.8) is 0 Å². The van der Waals surface area contributed by atoms with Gasteiger partial charge < -0.3 is 16.0 Å². The maximum absolute atomic E-state index is 12.9. The Morgan fingerprint density at radius 1 is 1.28 bits per heavy atom. The molecule has 0 saturated heterocycles. The summed E-state index contributed by atoms with van der Waals surface area (Å²) in [5, 5.41) is 2.28. The van der Waals surface area contributed by atoms with Crippen molar-refractivity contribution in [3.05, 3.63) is 29.8 Å². The number of carbonyl (C=O) groups excluding carboxylic acids is 2. The lowest BCUT2D eigenvalue weighted by molar-refractivity contribution is -0.132. The summed E-state index contributed by atoms with van der Waals surface area (Å²) >= 11 is 0. The van der Waals surface area contributed by atoms with E-state index >= 15 is 0 Å². The number of carbonyl (C=O) groups is 2. The van der Waals surface area contributed by atoms with Crippen molar-refractivity contribution < 1.29 is 18.4 Å². The van der Waals surface area contributed by atoms with Crippen LogP contribution in [-0.4, -0.2) is 36.9 Å².